The number of hydrogen-bond donors (Lipinski definition) is 1. The summed E-state index contributed by atoms with van der Waals surface area (Å²) in [5.74, 6) is 0.896. The second-order valence-electron chi connectivity index (χ2n) is 5.58. The van der Waals surface area contributed by atoms with Gasteiger partial charge in [0.1, 0.15) is 0 Å². The van der Waals surface area contributed by atoms with Crippen LogP contribution < -0.4 is 5.32 Å². The van der Waals surface area contributed by atoms with Crippen molar-refractivity contribution in [2.24, 2.45) is 5.92 Å². The molecule has 17 heavy (non-hydrogen) atoms. The van der Waals surface area contributed by atoms with Gasteiger partial charge in [0.25, 0.3) is 0 Å². The molecule has 0 aromatic rings. The van der Waals surface area contributed by atoms with Gasteiger partial charge in [-0.05, 0) is 32.2 Å². The lowest BCUT2D eigenvalue weighted by Crippen LogP contribution is -2.31. The smallest absolute Gasteiger partial charge is 0.00388 e. The van der Waals surface area contributed by atoms with Gasteiger partial charge in [-0.15, -0.1) is 0 Å². The van der Waals surface area contributed by atoms with Crippen molar-refractivity contribution in [3.05, 3.63) is 0 Å². The Morgan fingerprint density at radius 1 is 0.824 bits per heavy atom. The van der Waals surface area contributed by atoms with Gasteiger partial charge in [-0.25, -0.2) is 0 Å². The second kappa shape index (κ2) is 12.4. The molecular formula is C16H35N. The van der Waals surface area contributed by atoms with Gasteiger partial charge in [0, 0.05) is 6.04 Å². The highest BCUT2D eigenvalue weighted by Gasteiger charge is 2.07. The van der Waals surface area contributed by atoms with E-state index in [1.54, 1.807) is 0 Å². The van der Waals surface area contributed by atoms with Crippen molar-refractivity contribution >= 4 is 0 Å². The minimum absolute atomic E-state index is 0.711. The third-order valence-electron chi connectivity index (χ3n) is 3.79. The highest BCUT2D eigenvalue weighted by molar-refractivity contribution is 4.66. The van der Waals surface area contributed by atoms with Crippen molar-refractivity contribution in [3.63, 3.8) is 0 Å². The van der Waals surface area contributed by atoms with Crippen LogP contribution in [0.3, 0.4) is 0 Å². The molecule has 0 saturated carbocycles. The van der Waals surface area contributed by atoms with Gasteiger partial charge < -0.3 is 5.32 Å². The van der Waals surface area contributed by atoms with E-state index in [1.807, 2.05) is 0 Å². The average molecular weight is 241 g/mol. The zero-order valence-corrected chi connectivity index (χ0v) is 12.7. The van der Waals surface area contributed by atoms with Gasteiger partial charge in [-0.1, -0.05) is 65.7 Å². The monoisotopic (exact) mass is 241 g/mol. The molecule has 104 valence electrons. The maximum Gasteiger partial charge on any atom is 0.00388 e. The number of unbranched alkanes of at least 4 members (excludes halogenated alkanes) is 4. The fourth-order valence-electron chi connectivity index (χ4n) is 2.29. The first kappa shape index (κ1) is 17.0. The van der Waals surface area contributed by atoms with E-state index in [9.17, 15) is 0 Å². The Kier molecular flexibility index (Phi) is 12.4. The summed E-state index contributed by atoms with van der Waals surface area (Å²) >= 11 is 0. The van der Waals surface area contributed by atoms with E-state index < -0.39 is 0 Å². The third-order valence-corrected chi connectivity index (χ3v) is 3.79. The fraction of sp³-hybridized carbons (Fsp3) is 1.00. The summed E-state index contributed by atoms with van der Waals surface area (Å²) in [5, 5.41) is 3.72. The molecule has 1 heteroatoms. The number of hydrogen-bond acceptors (Lipinski definition) is 1. The third kappa shape index (κ3) is 10.8. The molecule has 2 atom stereocenters. The lowest BCUT2D eigenvalue weighted by atomic mass is 9.98. The normalized spacial score (nSPS) is 14.8. The van der Waals surface area contributed by atoms with Crippen LogP contribution in [0.25, 0.3) is 0 Å². The molecule has 0 aromatic carbocycles. The van der Waals surface area contributed by atoms with Gasteiger partial charge in [-0.3, -0.25) is 0 Å². The summed E-state index contributed by atoms with van der Waals surface area (Å²) in [4.78, 5) is 0. The fourth-order valence-corrected chi connectivity index (χ4v) is 2.29. The summed E-state index contributed by atoms with van der Waals surface area (Å²) < 4.78 is 0. The Morgan fingerprint density at radius 2 is 1.53 bits per heavy atom. The van der Waals surface area contributed by atoms with Gasteiger partial charge in [-0.2, -0.15) is 0 Å². The molecule has 1 nitrogen and oxygen atoms in total. The van der Waals surface area contributed by atoms with Crippen LogP contribution in [-0.2, 0) is 0 Å². The quantitative estimate of drug-likeness (QED) is 0.466. The van der Waals surface area contributed by atoms with Crippen molar-refractivity contribution < 1.29 is 0 Å². The molecule has 0 heterocycles. The lowest BCUT2D eigenvalue weighted by molar-refractivity contribution is 0.382. The first-order valence-corrected chi connectivity index (χ1v) is 7.97. The second-order valence-corrected chi connectivity index (χ2v) is 5.58. The van der Waals surface area contributed by atoms with Crippen molar-refractivity contribution in [1.82, 2.24) is 5.32 Å². The summed E-state index contributed by atoms with van der Waals surface area (Å²) in [5.41, 5.74) is 0. The predicted molar refractivity (Wildman–Crippen MR) is 79.5 cm³/mol. The molecule has 2 unspecified atom stereocenters. The van der Waals surface area contributed by atoms with Crippen LogP contribution in [0.4, 0.5) is 0 Å². The molecule has 0 aliphatic heterocycles. The predicted octanol–water partition coefficient (Wildman–Crippen LogP) is 5.15. The van der Waals surface area contributed by atoms with E-state index in [2.05, 4.69) is 33.0 Å². The highest BCUT2D eigenvalue weighted by Crippen LogP contribution is 2.12. The SMILES string of the molecule is CCCCCCC(C)NCC(CC)CCCC. The highest BCUT2D eigenvalue weighted by atomic mass is 14.9. The summed E-state index contributed by atoms with van der Waals surface area (Å²) in [6.45, 7) is 10.5. The van der Waals surface area contributed by atoms with Crippen LogP contribution in [-0.4, -0.2) is 12.6 Å². The molecule has 0 rings (SSSR count). The van der Waals surface area contributed by atoms with Crippen LogP contribution in [0, 0.1) is 5.92 Å². The Hall–Kier alpha value is -0.0400. The number of nitrogens with one attached hydrogen (secondary N) is 1. The van der Waals surface area contributed by atoms with Crippen LogP contribution >= 0.6 is 0 Å². The molecule has 1 N–H and O–H groups in total. The van der Waals surface area contributed by atoms with Crippen molar-refractivity contribution in [3.8, 4) is 0 Å². The Bertz CT molecular complexity index is 144. The maximum atomic E-state index is 3.72. The van der Waals surface area contributed by atoms with E-state index in [-0.39, 0.29) is 0 Å². The van der Waals surface area contributed by atoms with Crippen molar-refractivity contribution in [2.75, 3.05) is 6.54 Å². The molecule has 0 spiro atoms. The molecule has 0 radical (unpaired) electrons. The Labute approximate surface area is 110 Å². The van der Waals surface area contributed by atoms with Gasteiger partial charge in [0.05, 0.1) is 0 Å². The topological polar surface area (TPSA) is 12.0 Å². The first-order valence-electron chi connectivity index (χ1n) is 7.97. The molecular weight excluding hydrogens is 206 g/mol. The molecule has 0 aliphatic carbocycles. The summed E-state index contributed by atoms with van der Waals surface area (Å²) in [7, 11) is 0. The van der Waals surface area contributed by atoms with E-state index in [0.29, 0.717) is 6.04 Å². The molecule has 0 amide bonds. The van der Waals surface area contributed by atoms with Crippen molar-refractivity contribution in [1.29, 1.82) is 0 Å². The standard InChI is InChI=1S/C16H35N/c1-5-8-10-11-12-15(4)17-14-16(7-3)13-9-6-2/h15-17H,5-14H2,1-4H3. The minimum Gasteiger partial charge on any atom is -0.314 e. The van der Waals surface area contributed by atoms with E-state index in [4.69, 9.17) is 0 Å². The maximum absolute atomic E-state index is 3.72. The minimum atomic E-state index is 0.711. The molecule has 0 bridgehead atoms. The zero-order valence-electron chi connectivity index (χ0n) is 12.7. The van der Waals surface area contributed by atoms with E-state index in [0.717, 1.165) is 5.92 Å². The zero-order chi connectivity index (χ0) is 12.9. The lowest BCUT2D eigenvalue weighted by Gasteiger charge is -2.19. The van der Waals surface area contributed by atoms with Gasteiger partial charge in [0.2, 0.25) is 0 Å². The Morgan fingerprint density at radius 3 is 2.12 bits per heavy atom. The van der Waals surface area contributed by atoms with Gasteiger partial charge in [0.15, 0.2) is 0 Å². The van der Waals surface area contributed by atoms with Crippen LogP contribution in [0.2, 0.25) is 0 Å². The van der Waals surface area contributed by atoms with Crippen LogP contribution in [0.5, 0.6) is 0 Å². The average Bonchev–Trinajstić information content (AvgIpc) is 2.35. The molecule has 0 aromatic heterocycles. The van der Waals surface area contributed by atoms with Crippen LogP contribution in [0.1, 0.15) is 85.5 Å². The van der Waals surface area contributed by atoms with Crippen LogP contribution in [0.15, 0.2) is 0 Å². The summed E-state index contributed by atoms with van der Waals surface area (Å²) in [6, 6.07) is 0.711. The molecule has 0 saturated heterocycles. The van der Waals surface area contributed by atoms with Gasteiger partial charge >= 0.3 is 0 Å². The first-order chi connectivity index (χ1) is 8.24. The molecule has 0 fully saturated rings. The van der Waals surface area contributed by atoms with E-state index >= 15 is 0 Å². The summed E-state index contributed by atoms with van der Waals surface area (Å²) in [6.07, 6.45) is 12.4. The van der Waals surface area contributed by atoms with E-state index in [1.165, 1.54) is 64.3 Å². The molecule has 0 aliphatic rings. The van der Waals surface area contributed by atoms with Crippen molar-refractivity contribution in [2.45, 2.75) is 91.5 Å². The number of rotatable bonds is 12. The Balaban J connectivity index is 3.48. The largest absolute Gasteiger partial charge is 0.314 e.